The normalized spacial score (nSPS) is 12.3. The molecule has 1 rings (SSSR count). The molecule has 0 aliphatic carbocycles. The maximum Gasteiger partial charge on any atom is 0.339 e. The van der Waals surface area contributed by atoms with Crippen molar-refractivity contribution in [2.45, 2.75) is 31.2 Å². The van der Waals surface area contributed by atoms with E-state index in [1.165, 1.54) is 31.4 Å². The molecule has 1 aromatic rings. The number of esters is 2. The van der Waals surface area contributed by atoms with E-state index in [1.54, 1.807) is 0 Å². The molecule has 0 saturated carbocycles. The highest BCUT2D eigenvalue weighted by atomic mass is 32.2. The second kappa shape index (κ2) is 9.33. The smallest absolute Gasteiger partial charge is 0.339 e. The number of methoxy groups -OCH3 is 1. The molecule has 1 amide bonds. The first-order valence-corrected chi connectivity index (χ1v) is 9.78. The third kappa shape index (κ3) is 6.47. The molecular formula is C17H23NO7S. The van der Waals surface area contributed by atoms with Crippen molar-refractivity contribution >= 4 is 27.7 Å². The summed E-state index contributed by atoms with van der Waals surface area (Å²) in [5.41, 5.74) is -0.158. The molecule has 9 heteroatoms. The summed E-state index contributed by atoms with van der Waals surface area (Å²) < 4.78 is 32.9. The van der Waals surface area contributed by atoms with E-state index in [2.05, 4.69) is 10.1 Å². The SMILES string of the molecule is COC(=O)[C@H](CC(C)C)NC(=O)COC(=O)c1ccccc1S(C)(=O)=O. The average Bonchev–Trinajstić information content (AvgIpc) is 2.57. The number of hydrogen-bond acceptors (Lipinski definition) is 7. The Bertz CT molecular complexity index is 771. The van der Waals surface area contributed by atoms with Gasteiger partial charge >= 0.3 is 11.9 Å². The lowest BCUT2D eigenvalue weighted by Gasteiger charge is -2.18. The molecule has 1 atom stereocenters. The number of sulfone groups is 1. The van der Waals surface area contributed by atoms with Crippen molar-refractivity contribution in [3.05, 3.63) is 29.8 Å². The van der Waals surface area contributed by atoms with E-state index in [4.69, 9.17) is 4.74 Å². The van der Waals surface area contributed by atoms with E-state index in [1.807, 2.05) is 13.8 Å². The largest absolute Gasteiger partial charge is 0.467 e. The first-order chi connectivity index (χ1) is 12.1. The Morgan fingerprint density at radius 1 is 1.15 bits per heavy atom. The number of nitrogens with one attached hydrogen (secondary N) is 1. The van der Waals surface area contributed by atoms with Crippen molar-refractivity contribution < 1.29 is 32.3 Å². The van der Waals surface area contributed by atoms with Crippen molar-refractivity contribution in [3.63, 3.8) is 0 Å². The van der Waals surface area contributed by atoms with Crippen molar-refractivity contribution in [2.24, 2.45) is 5.92 Å². The predicted octanol–water partition coefficient (Wildman–Crippen LogP) is 0.951. The third-order valence-electron chi connectivity index (χ3n) is 3.37. The molecule has 0 bridgehead atoms. The summed E-state index contributed by atoms with van der Waals surface area (Å²) in [5, 5.41) is 2.44. The van der Waals surface area contributed by atoms with Crippen LogP contribution in [-0.2, 0) is 28.9 Å². The summed E-state index contributed by atoms with van der Waals surface area (Å²) in [6.07, 6.45) is 1.34. The van der Waals surface area contributed by atoms with Gasteiger partial charge in [0.1, 0.15) is 6.04 Å². The molecule has 8 nitrogen and oxygen atoms in total. The Hall–Kier alpha value is -2.42. The lowest BCUT2D eigenvalue weighted by atomic mass is 10.0. The Labute approximate surface area is 152 Å². The molecule has 0 fully saturated rings. The van der Waals surface area contributed by atoms with Crippen molar-refractivity contribution in [1.82, 2.24) is 5.32 Å². The second-order valence-corrected chi connectivity index (χ2v) is 8.10. The van der Waals surface area contributed by atoms with Crippen LogP contribution in [0, 0.1) is 5.92 Å². The summed E-state index contributed by atoms with van der Waals surface area (Å²) in [4.78, 5) is 35.6. The Balaban J connectivity index is 2.76. The van der Waals surface area contributed by atoms with Gasteiger partial charge in [-0.05, 0) is 24.5 Å². The molecule has 0 unspecified atom stereocenters. The molecule has 1 N–H and O–H groups in total. The van der Waals surface area contributed by atoms with Gasteiger partial charge in [0.15, 0.2) is 16.4 Å². The Kier molecular flexibility index (Phi) is 7.76. The first kappa shape index (κ1) is 21.6. The molecule has 0 aromatic heterocycles. The van der Waals surface area contributed by atoms with E-state index >= 15 is 0 Å². The number of amides is 1. The second-order valence-electron chi connectivity index (χ2n) is 6.12. The van der Waals surface area contributed by atoms with E-state index in [0.29, 0.717) is 6.42 Å². The van der Waals surface area contributed by atoms with Crippen LogP contribution in [-0.4, -0.2) is 52.3 Å². The molecular weight excluding hydrogens is 362 g/mol. The number of hydrogen-bond donors (Lipinski definition) is 1. The van der Waals surface area contributed by atoms with Gasteiger partial charge in [-0.3, -0.25) is 4.79 Å². The van der Waals surface area contributed by atoms with E-state index in [-0.39, 0.29) is 16.4 Å². The molecule has 0 radical (unpaired) electrons. The quantitative estimate of drug-likeness (QED) is 0.662. The van der Waals surface area contributed by atoms with Crippen LogP contribution >= 0.6 is 0 Å². The highest BCUT2D eigenvalue weighted by Crippen LogP contribution is 2.16. The van der Waals surface area contributed by atoms with Gasteiger partial charge < -0.3 is 14.8 Å². The van der Waals surface area contributed by atoms with Crippen LogP contribution in [0.25, 0.3) is 0 Å². The number of ether oxygens (including phenoxy) is 2. The third-order valence-corrected chi connectivity index (χ3v) is 4.52. The van der Waals surface area contributed by atoms with Gasteiger partial charge in [-0.25, -0.2) is 18.0 Å². The van der Waals surface area contributed by atoms with Crippen molar-refractivity contribution in [2.75, 3.05) is 20.0 Å². The van der Waals surface area contributed by atoms with Crippen LogP contribution in [0.15, 0.2) is 29.2 Å². The first-order valence-electron chi connectivity index (χ1n) is 7.89. The lowest BCUT2D eigenvalue weighted by molar-refractivity contribution is -0.145. The summed E-state index contributed by atoms with van der Waals surface area (Å²) in [7, 11) is -2.41. The topological polar surface area (TPSA) is 116 Å². The highest BCUT2D eigenvalue weighted by molar-refractivity contribution is 7.90. The summed E-state index contributed by atoms with van der Waals surface area (Å²) in [6.45, 7) is 3.11. The maximum atomic E-state index is 12.1. The van der Waals surface area contributed by atoms with Crippen molar-refractivity contribution in [1.29, 1.82) is 0 Å². The van der Waals surface area contributed by atoms with Gasteiger partial charge in [-0.15, -0.1) is 0 Å². The monoisotopic (exact) mass is 385 g/mol. The Morgan fingerprint density at radius 2 is 1.77 bits per heavy atom. The van der Waals surface area contributed by atoms with Gasteiger partial charge in [0.25, 0.3) is 5.91 Å². The summed E-state index contributed by atoms with van der Waals surface area (Å²) in [6, 6.07) is 4.69. The number of carbonyl (C=O) groups excluding carboxylic acids is 3. The highest BCUT2D eigenvalue weighted by Gasteiger charge is 2.24. The number of carbonyl (C=O) groups is 3. The van der Waals surface area contributed by atoms with E-state index in [9.17, 15) is 22.8 Å². The summed E-state index contributed by atoms with van der Waals surface area (Å²) >= 11 is 0. The van der Waals surface area contributed by atoms with E-state index < -0.39 is 40.3 Å². The minimum Gasteiger partial charge on any atom is -0.467 e. The molecule has 0 aliphatic rings. The van der Waals surface area contributed by atoms with E-state index in [0.717, 1.165) is 6.26 Å². The molecule has 1 aromatic carbocycles. The van der Waals surface area contributed by atoms with Crippen LogP contribution in [0.5, 0.6) is 0 Å². The molecule has 0 spiro atoms. The molecule has 0 aliphatic heterocycles. The van der Waals surface area contributed by atoms with Crippen LogP contribution in [0.3, 0.4) is 0 Å². The van der Waals surface area contributed by atoms with Crippen LogP contribution in [0.1, 0.15) is 30.6 Å². The van der Waals surface area contributed by atoms with Crippen LogP contribution in [0.4, 0.5) is 0 Å². The Morgan fingerprint density at radius 3 is 2.31 bits per heavy atom. The van der Waals surface area contributed by atoms with Gasteiger partial charge in [-0.1, -0.05) is 26.0 Å². The van der Waals surface area contributed by atoms with Gasteiger partial charge in [0.05, 0.1) is 17.6 Å². The van der Waals surface area contributed by atoms with Gasteiger partial charge in [-0.2, -0.15) is 0 Å². The minimum absolute atomic E-state index is 0.128. The minimum atomic E-state index is -3.63. The van der Waals surface area contributed by atoms with Crippen molar-refractivity contribution in [3.8, 4) is 0 Å². The average molecular weight is 385 g/mol. The fourth-order valence-corrected chi connectivity index (χ4v) is 3.11. The fourth-order valence-electron chi connectivity index (χ4n) is 2.23. The van der Waals surface area contributed by atoms with Gasteiger partial charge in [0, 0.05) is 6.26 Å². The zero-order valence-electron chi connectivity index (χ0n) is 15.1. The predicted molar refractivity (Wildman–Crippen MR) is 93.2 cm³/mol. The standard InChI is InChI=1S/C17H23NO7S/c1-11(2)9-13(17(21)24-3)18-15(19)10-25-16(20)12-7-5-6-8-14(12)26(4,22)23/h5-8,11,13H,9-10H2,1-4H3,(H,18,19)/t13-/m0/s1. The maximum absolute atomic E-state index is 12.1. The molecule has 144 valence electrons. The van der Waals surface area contributed by atoms with Crippen LogP contribution in [0.2, 0.25) is 0 Å². The number of benzene rings is 1. The lowest BCUT2D eigenvalue weighted by Crippen LogP contribution is -2.44. The zero-order chi connectivity index (χ0) is 19.9. The van der Waals surface area contributed by atoms with Gasteiger partial charge in [0.2, 0.25) is 0 Å². The summed E-state index contributed by atoms with van der Waals surface area (Å²) in [5.74, 6) is -2.10. The zero-order valence-corrected chi connectivity index (χ0v) is 16.0. The number of rotatable bonds is 8. The fraction of sp³-hybridized carbons (Fsp3) is 0.471. The molecule has 0 heterocycles. The van der Waals surface area contributed by atoms with Crippen LogP contribution < -0.4 is 5.32 Å². The molecule has 26 heavy (non-hydrogen) atoms. The molecule has 0 saturated heterocycles.